The Morgan fingerprint density at radius 1 is 1.31 bits per heavy atom. The molecule has 2 heterocycles. The Morgan fingerprint density at radius 2 is 2.00 bits per heavy atom. The first kappa shape index (κ1) is 12.6. The molecule has 0 radical (unpaired) electrons. The maximum absolute atomic E-state index is 6.37. The second kappa shape index (κ2) is 4.77. The minimum Gasteiger partial charge on any atom is -0.375 e. The van der Waals surface area contributed by atoms with Gasteiger partial charge in [-0.25, -0.2) is 0 Å². The summed E-state index contributed by atoms with van der Waals surface area (Å²) in [5, 5.41) is 0. The summed E-state index contributed by atoms with van der Waals surface area (Å²) in [7, 11) is 0. The number of rotatable bonds is 2. The average molecular weight is 304 g/mol. The summed E-state index contributed by atoms with van der Waals surface area (Å²) < 4.78 is 6.99. The quantitative estimate of drug-likeness (QED) is 0.906. The number of nitrogens with two attached hydrogens (primary N) is 1. The molecular weight excluding hydrogens is 286 g/mol. The summed E-state index contributed by atoms with van der Waals surface area (Å²) in [6.45, 7) is 6.51. The van der Waals surface area contributed by atoms with Crippen molar-refractivity contribution in [2.45, 2.75) is 39.0 Å². The van der Waals surface area contributed by atoms with E-state index in [9.17, 15) is 0 Å². The minimum absolute atomic E-state index is 0.0891. The zero-order valence-corrected chi connectivity index (χ0v) is 12.2. The molecule has 1 aliphatic heterocycles. The van der Waals surface area contributed by atoms with Crippen molar-refractivity contribution in [1.29, 1.82) is 0 Å². The predicted molar refractivity (Wildman–Crippen MR) is 71.6 cm³/mol. The van der Waals surface area contributed by atoms with Gasteiger partial charge in [0.25, 0.3) is 0 Å². The van der Waals surface area contributed by atoms with Crippen molar-refractivity contribution in [3.05, 3.63) is 20.8 Å². The van der Waals surface area contributed by atoms with Crippen LogP contribution in [0.25, 0.3) is 0 Å². The molecule has 0 aromatic carbocycles. The van der Waals surface area contributed by atoms with Crippen LogP contribution < -0.4 is 5.73 Å². The van der Waals surface area contributed by atoms with Crippen LogP contribution in [0.5, 0.6) is 0 Å². The maximum Gasteiger partial charge on any atom is 0.0701 e. The van der Waals surface area contributed by atoms with E-state index in [-0.39, 0.29) is 12.1 Å². The molecule has 16 heavy (non-hydrogen) atoms. The van der Waals surface area contributed by atoms with Crippen molar-refractivity contribution < 1.29 is 4.74 Å². The molecule has 1 aromatic rings. The highest BCUT2D eigenvalue weighted by Crippen LogP contribution is 2.41. The normalized spacial score (nSPS) is 36.6. The minimum atomic E-state index is 0.0891. The van der Waals surface area contributed by atoms with Crippen LogP contribution in [0.4, 0.5) is 0 Å². The van der Waals surface area contributed by atoms with Gasteiger partial charge >= 0.3 is 0 Å². The molecule has 0 bridgehead atoms. The van der Waals surface area contributed by atoms with Gasteiger partial charge in [-0.05, 0) is 47.8 Å². The summed E-state index contributed by atoms with van der Waals surface area (Å²) in [5.41, 5.74) is 6.37. The molecule has 2 N–H and O–H groups in total. The Hall–Kier alpha value is 0.1000. The molecule has 1 aromatic heterocycles. The third-order valence-corrected chi connectivity index (χ3v) is 5.38. The summed E-state index contributed by atoms with van der Waals surface area (Å²) in [5.74, 6) is 0.937. The number of thiophene rings is 1. The molecule has 0 spiro atoms. The molecule has 1 aliphatic rings. The smallest absolute Gasteiger partial charge is 0.0701 e. The highest BCUT2D eigenvalue weighted by Gasteiger charge is 2.41. The lowest BCUT2D eigenvalue weighted by molar-refractivity contribution is 0.0490. The second-order valence-electron chi connectivity index (χ2n) is 4.65. The Labute approximate surface area is 109 Å². The first-order chi connectivity index (χ1) is 7.50. The monoisotopic (exact) mass is 303 g/mol. The van der Waals surface area contributed by atoms with Crippen LogP contribution >= 0.6 is 27.3 Å². The molecule has 2 rings (SSSR count). The van der Waals surface area contributed by atoms with Gasteiger partial charge in [0.2, 0.25) is 0 Å². The third-order valence-electron chi connectivity index (χ3n) is 3.66. The van der Waals surface area contributed by atoms with Gasteiger partial charge < -0.3 is 10.5 Å². The van der Waals surface area contributed by atoms with E-state index in [1.54, 1.807) is 11.3 Å². The average Bonchev–Trinajstić information content (AvgIpc) is 2.73. The molecule has 90 valence electrons. The lowest BCUT2D eigenvalue weighted by Gasteiger charge is -2.24. The summed E-state index contributed by atoms with van der Waals surface area (Å²) in [6, 6.07) is 4.27. The first-order valence-electron chi connectivity index (χ1n) is 5.67. The topological polar surface area (TPSA) is 35.2 Å². The molecule has 1 fully saturated rings. The van der Waals surface area contributed by atoms with Crippen molar-refractivity contribution in [3.63, 3.8) is 0 Å². The van der Waals surface area contributed by atoms with Crippen LogP contribution in [0.1, 0.15) is 31.7 Å². The van der Waals surface area contributed by atoms with Gasteiger partial charge in [-0.1, -0.05) is 6.92 Å². The van der Waals surface area contributed by atoms with Crippen LogP contribution in [-0.4, -0.2) is 12.2 Å². The molecule has 2 nitrogen and oxygen atoms in total. The van der Waals surface area contributed by atoms with E-state index in [1.165, 1.54) is 4.88 Å². The number of hydrogen-bond donors (Lipinski definition) is 1. The van der Waals surface area contributed by atoms with Gasteiger partial charge in [0, 0.05) is 16.8 Å². The molecule has 5 unspecified atom stereocenters. The summed E-state index contributed by atoms with van der Waals surface area (Å²) in [4.78, 5) is 1.24. The molecule has 0 aliphatic carbocycles. The predicted octanol–water partition coefficient (Wildman–Crippen LogP) is 3.57. The molecule has 1 saturated heterocycles. The lowest BCUT2D eigenvalue weighted by atomic mass is 9.83. The standard InChI is InChI=1S/C12H18BrNOS/c1-6-7(2)15-8(3)11(6)12(14)9-4-5-10(13)16-9/h4-8,11-12H,14H2,1-3H3. The fourth-order valence-corrected chi connectivity index (χ4v) is 4.09. The van der Waals surface area contributed by atoms with Crippen molar-refractivity contribution in [1.82, 2.24) is 0 Å². The van der Waals surface area contributed by atoms with Crippen LogP contribution in [0.3, 0.4) is 0 Å². The lowest BCUT2D eigenvalue weighted by Crippen LogP contribution is -2.30. The molecule has 0 saturated carbocycles. The maximum atomic E-state index is 6.37. The van der Waals surface area contributed by atoms with Crippen LogP contribution in [-0.2, 0) is 4.74 Å². The molecular formula is C12H18BrNOS. The fourth-order valence-electron chi connectivity index (χ4n) is 2.61. The number of hydrogen-bond acceptors (Lipinski definition) is 3. The van der Waals surface area contributed by atoms with Crippen molar-refractivity contribution in [2.75, 3.05) is 0 Å². The van der Waals surface area contributed by atoms with Gasteiger partial charge in [-0.3, -0.25) is 0 Å². The Morgan fingerprint density at radius 3 is 2.44 bits per heavy atom. The van der Waals surface area contributed by atoms with Crippen molar-refractivity contribution in [3.8, 4) is 0 Å². The number of ether oxygens (including phenoxy) is 1. The Bertz CT molecular complexity index is 368. The third kappa shape index (κ3) is 2.21. The van der Waals surface area contributed by atoms with E-state index >= 15 is 0 Å². The van der Waals surface area contributed by atoms with Crippen LogP contribution in [0.15, 0.2) is 15.9 Å². The van der Waals surface area contributed by atoms with Crippen LogP contribution in [0.2, 0.25) is 0 Å². The van der Waals surface area contributed by atoms with Gasteiger partial charge in [0.05, 0.1) is 16.0 Å². The molecule has 4 heteroatoms. The van der Waals surface area contributed by atoms with Crippen molar-refractivity contribution >= 4 is 27.3 Å². The van der Waals surface area contributed by atoms with Gasteiger partial charge in [-0.15, -0.1) is 11.3 Å². The van der Waals surface area contributed by atoms with Gasteiger partial charge in [-0.2, -0.15) is 0 Å². The summed E-state index contributed by atoms with van der Waals surface area (Å²) in [6.07, 6.45) is 0.565. The van der Waals surface area contributed by atoms with E-state index in [4.69, 9.17) is 10.5 Å². The van der Waals surface area contributed by atoms with Crippen molar-refractivity contribution in [2.24, 2.45) is 17.6 Å². The van der Waals surface area contributed by atoms with E-state index in [2.05, 4.69) is 48.8 Å². The van der Waals surface area contributed by atoms with E-state index in [1.807, 2.05) is 0 Å². The molecule has 0 amide bonds. The Kier molecular flexibility index (Phi) is 3.74. The van der Waals surface area contributed by atoms with E-state index in [0.717, 1.165) is 3.79 Å². The fraction of sp³-hybridized carbons (Fsp3) is 0.667. The van der Waals surface area contributed by atoms with Crippen LogP contribution in [0, 0.1) is 11.8 Å². The van der Waals surface area contributed by atoms with Gasteiger partial charge in [0.15, 0.2) is 0 Å². The van der Waals surface area contributed by atoms with E-state index < -0.39 is 0 Å². The SMILES string of the molecule is CC1OC(C)C(C(N)c2ccc(Br)s2)C1C. The molecule has 5 atom stereocenters. The Balaban J connectivity index is 2.18. The zero-order valence-electron chi connectivity index (χ0n) is 9.81. The highest BCUT2D eigenvalue weighted by molar-refractivity contribution is 9.11. The zero-order chi connectivity index (χ0) is 11.9. The largest absolute Gasteiger partial charge is 0.375 e. The second-order valence-corrected chi connectivity index (χ2v) is 7.15. The first-order valence-corrected chi connectivity index (χ1v) is 7.28. The number of halogens is 1. The van der Waals surface area contributed by atoms with Gasteiger partial charge in [0.1, 0.15) is 0 Å². The summed E-state index contributed by atoms with van der Waals surface area (Å²) >= 11 is 5.21. The highest BCUT2D eigenvalue weighted by atomic mass is 79.9. The van der Waals surface area contributed by atoms with E-state index in [0.29, 0.717) is 17.9 Å².